The third-order valence-corrected chi connectivity index (χ3v) is 17.0. The van der Waals surface area contributed by atoms with E-state index in [0.717, 1.165) is 101 Å². The zero-order valence-electron chi connectivity index (χ0n) is 42.2. The quantitative estimate of drug-likeness (QED) is 0.0191. The van der Waals surface area contributed by atoms with E-state index < -0.39 is 0 Å². The van der Waals surface area contributed by atoms with Crippen LogP contribution in [0.15, 0.2) is 76.2 Å². The molecule has 0 heterocycles. The van der Waals surface area contributed by atoms with Crippen LogP contribution >= 0.6 is 70.6 Å². The third-order valence-electron chi connectivity index (χ3n) is 10.4. The Morgan fingerprint density at radius 2 is 0.901 bits per heavy atom. The Kier molecular flexibility index (Phi) is 37.8. The Balaban J connectivity index is 1.70. The molecule has 0 unspecified atom stereocenters. The lowest BCUT2D eigenvalue weighted by Crippen LogP contribution is -2.35. The second-order valence-corrected chi connectivity index (χ2v) is 23.4. The second kappa shape index (κ2) is 42.1. The molecule has 0 saturated heterocycles. The molecule has 2 rings (SSSR count). The summed E-state index contributed by atoms with van der Waals surface area (Å²) in [6, 6.07) is 17.4. The summed E-state index contributed by atoms with van der Waals surface area (Å²) in [4.78, 5) is 57.3. The number of carbonyl (C=O) groups excluding carboxylic acids is 3. The average molecular weight is 1090 g/mol. The molecule has 0 aromatic heterocycles. The van der Waals surface area contributed by atoms with E-state index in [1.165, 1.54) is 22.3 Å². The maximum atomic E-state index is 13.4. The van der Waals surface area contributed by atoms with E-state index in [-0.39, 0.29) is 29.6 Å². The van der Waals surface area contributed by atoms with Crippen molar-refractivity contribution in [3.8, 4) is 0 Å². The number of aliphatic imine (C=N–C) groups is 3. The molecule has 0 radical (unpaired) electrons. The number of benzene rings is 2. The van der Waals surface area contributed by atoms with Gasteiger partial charge in [0.25, 0.3) is 0 Å². The van der Waals surface area contributed by atoms with Crippen molar-refractivity contribution in [3.63, 3.8) is 0 Å². The van der Waals surface area contributed by atoms with E-state index in [1.807, 2.05) is 56.8 Å². The maximum absolute atomic E-state index is 13.4. The lowest BCUT2D eigenvalue weighted by molar-refractivity contribution is -0.131. The maximum Gasteiger partial charge on any atom is 0.223 e. The van der Waals surface area contributed by atoms with Gasteiger partial charge in [-0.15, -0.1) is 6.58 Å². The molecule has 0 fully saturated rings. The number of amides is 3. The number of amidine groups is 1. The van der Waals surface area contributed by atoms with Gasteiger partial charge in [-0.1, -0.05) is 54.6 Å². The predicted octanol–water partition coefficient (Wildman–Crippen LogP) is 6.07. The fraction of sp³-hybridized carbons (Fsp3) is 0.600. The molecule has 0 atom stereocenters. The molecule has 71 heavy (non-hydrogen) atoms. The van der Waals surface area contributed by atoms with Gasteiger partial charge in [0, 0.05) is 98.8 Å². The number of rotatable bonds is 43. The Bertz CT molecular complexity index is 1870. The SMILES string of the molecule is C=CCN(CCN=C(C)N)C(=O)CCSCc1cccc(CSCCCN(CCN=C(N)N)C(=O)CCSCc2ccc(CSCCCN(CCN=C(N)N)C(=O)CCSCCCSCCCN)cc2)c1. The van der Waals surface area contributed by atoms with Crippen LogP contribution in [0.4, 0.5) is 0 Å². The van der Waals surface area contributed by atoms with Crippen molar-refractivity contribution in [3.05, 3.63) is 83.4 Å². The molecule has 398 valence electrons. The van der Waals surface area contributed by atoms with Gasteiger partial charge in [-0.25, -0.2) is 0 Å². The predicted molar refractivity (Wildman–Crippen MR) is 317 cm³/mol. The molecule has 12 N–H and O–H groups in total. The minimum atomic E-state index is 0.0281. The monoisotopic (exact) mass is 1090 g/mol. The molecular weight excluding hydrogens is 1010 g/mol. The summed E-state index contributed by atoms with van der Waals surface area (Å²) in [5.74, 6) is 11.9. The van der Waals surface area contributed by atoms with Crippen molar-refractivity contribution >= 4 is 106 Å². The van der Waals surface area contributed by atoms with E-state index in [1.54, 1.807) is 41.4 Å². The summed E-state index contributed by atoms with van der Waals surface area (Å²) < 4.78 is 0. The molecular formula is C50H84N12O3S6. The largest absolute Gasteiger partial charge is 0.388 e. The normalized spacial score (nSPS) is 11.3. The van der Waals surface area contributed by atoms with Crippen LogP contribution in [0.5, 0.6) is 0 Å². The number of guanidine groups is 2. The van der Waals surface area contributed by atoms with Crippen LogP contribution in [0.2, 0.25) is 0 Å². The third kappa shape index (κ3) is 33.9. The van der Waals surface area contributed by atoms with Gasteiger partial charge in [-0.3, -0.25) is 29.4 Å². The molecule has 0 aliphatic carbocycles. The van der Waals surface area contributed by atoms with E-state index >= 15 is 0 Å². The number of nitrogens with zero attached hydrogens (tertiary/aromatic N) is 6. The van der Waals surface area contributed by atoms with Gasteiger partial charge in [0.1, 0.15) is 0 Å². The number of thioether (sulfide) groups is 6. The van der Waals surface area contributed by atoms with Crippen molar-refractivity contribution in [1.29, 1.82) is 0 Å². The fourth-order valence-electron chi connectivity index (χ4n) is 6.76. The summed E-state index contributed by atoms with van der Waals surface area (Å²) in [6.45, 7) is 10.9. The standard InChI is InChI=1S/C50H84N12O3S6/c1-3-22-60(25-19-57-41(2)52)46(63)16-35-71-40-45-10-4-9-44(36-45)39-69-30-7-24-62(27-21-59-50(55)56)48(65)17-34-70-38-43-13-11-42(12-14-43)37-68-29-6-23-61(26-20-58-49(53)54)47(64)15-33-67-32-8-31-66-28-5-18-51/h3-4,9-14,36H,1,5-8,15-35,37-40,51H2,2H3,(H2,52,57)(H4,53,54,58)(H4,55,56,59). The van der Waals surface area contributed by atoms with Gasteiger partial charge in [0.2, 0.25) is 17.7 Å². The minimum Gasteiger partial charge on any atom is -0.388 e. The molecule has 0 aliphatic heterocycles. The van der Waals surface area contributed by atoms with Crippen molar-refractivity contribution in [2.24, 2.45) is 49.4 Å². The van der Waals surface area contributed by atoms with Crippen molar-refractivity contribution in [2.45, 2.75) is 74.9 Å². The number of nitrogens with two attached hydrogens (primary N) is 6. The first kappa shape index (κ1) is 63.8. The number of carbonyl (C=O) groups is 3. The lowest BCUT2D eigenvalue weighted by atomic mass is 10.2. The summed E-state index contributed by atoms with van der Waals surface area (Å²) >= 11 is 11.1. The molecule has 2 aromatic carbocycles. The molecule has 2 aromatic rings. The van der Waals surface area contributed by atoms with Crippen molar-refractivity contribution < 1.29 is 14.4 Å². The van der Waals surface area contributed by atoms with Gasteiger partial charge in [-0.05, 0) is 90.2 Å². The van der Waals surface area contributed by atoms with Gasteiger partial charge >= 0.3 is 0 Å². The summed E-state index contributed by atoms with van der Waals surface area (Å²) in [5.41, 5.74) is 38.5. The van der Waals surface area contributed by atoms with Gasteiger partial charge in [0.05, 0.1) is 25.5 Å². The Labute approximate surface area is 451 Å². The summed E-state index contributed by atoms with van der Waals surface area (Å²) in [5, 5.41) is 0. The van der Waals surface area contributed by atoms with Crippen LogP contribution in [-0.4, -0.2) is 162 Å². The Morgan fingerprint density at radius 3 is 1.37 bits per heavy atom. The number of hydrogen-bond donors (Lipinski definition) is 6. The first-order valence-corrected chi connectivity index (χ1v) is 31.5. The van der Waals surface area contributed by atoms with Gasteiger partial charge < -0.3 is 49.1 Å². The molecule has 21 heteroatoms. The fourth-order valence-corrected chi connectivity index (χ4v) is 12.3. The Morgan fingerprint density at radius 1 is 0.507 bits per heavy atom. The number of hydrogen-bond acceptors (Lipinski definition) is 13. The molecule has 0 saturated carbocycles. The molecule has 15 nitrogen and oxygen atoms in total. The van der Waals surface area contributed by atoms with E-state index in [4.69, 9.17) is 34.4 Å². The topological polar surface area (TPSA) is 254 Å². The minimum absolute atomic E-state index is 0.0281. The van der Waals surface area contributed by atoms with Crippen LogP contribution in [0, 0.1) is 0 Å². The Hall–Kier alpha value is -3.34. The second-order valence-electron chi connectivity index (χ2n) is 16.6. The highest BCUT2D eigenvalue weighted by Crippen LogP contribution is 2.21. The zero-order chi connectivity index (χ0) is 51.7. The van der Waals surface area contributed by atoms with Crippen LogP contribution < -0.4 is 34.4 Å². The first-order chi connectivity index (χ1) is 34.4. The summed E-state index contributed by atoms with van der Waals surface area (Å²) in [6.07, 6.45) is 7.17. The highest BCUT2D eigenvalue weighted by molar-refractivity contribution is 8.00. The van der Waals surface area contributed by atoms with Crippen LogP contribution in [-0.2, 0) is 37.4 Å². The van der Waals surface area contributed by atoms with Crippen LogP contribution in [0.3, 0.4) is 0 Å². The average Bonchev–Trinajstić information content (AvgIpc) is 3.34. The van der Waals surface area contributed by atoms with Crippen molar-refractivity contribution in [2.75, 3.05) is 111 Å². The first-order valence-electron chi connectivity index (χ1n) is 24.5. The molecule has 0 bridgehead atoms. The van der Waals surface area contributed by atoms with E-state index in [9.17, 15) is 14.4 Å². The highest BCUT2D eigenvalue weighted by Gasteiger charge is 2.15. The molecule has 0 aliphatic rings. The van der Waals surface area contributed by atoms with Gasteiger partial charge in [-0.2, -0.15) is 70.6 Å². The smallest absolute Gasteiger partial charge is 0.223 e. The molecule has 3 amide bonds. The highest BCUT2D eigenvalue weighted by atomic mass is 32.2. The molecule has 0 spiro atoms. The summed E-state index contributed by atoms with van der Waals surface area (Å²) in [7, 11) is 0. The van der Waals surface area contributed by atoms with Crippen LogP contribution in [0.1, 0.15) is 74.1 Å². The van der Waals surface area contributed by atoms with E-state index in [2.05, 4.69) is 70.1 Å². The van der Waals surface area contributed by atoms with E-state index in [0.29, 0.717) is 84.0 Å². The zero-order valence-corrected chi connectivity index (χ0v) is 47.1. The lowest BCUT2D eigenvalue weighted by Gasteiger charge is -2.22. The van der Waals surface area contributed by atoms with Gasteiger partial charge in [0.15, 0.2) is 11.9 Å². The van der Waals surface area contributed by atoms with Crippen LogP contribution in [0.25, 0.3) is 0 Å². The van der Waals surface area contributed by atoms with Crippen molar-refractivity contribution in [1.82, 2.24) is 14.7 Å².